The van der Waals surface area contributed by atoms with Crippen LogP contribution in [0.25, 0.3) is 0 Å². The fourth-order valence-corrected chi connectivity index (χ4v) is 6.31. The van der Waals surface area contributed by atoms with Crippen molar-refractivity contribution in [1.82, 2.24) is 15.1 Å². The van der Waals surface area contributed by atoms with Crippen molar-refractivity contribution in [3.63, 3.8) is 0 Å². The van der Waals surface area contributed by atoms with Gasteiger partial charge in [-0.1, -0.05) is 26.2 Å². The van der Waals surface area contributed by atoms with Crippen molar-refractivity contribution in [3.05, 3.63) is 48.0 Å². The van der Waals surface area contributed by atoms with E-state index in [1.807, 2.05) is 13.8 Å². The Morgan fingerprint density at radius 1 is 1.00 bits per heavy atom. The monoisotopic (exact) mass is 681 g/mol. The lowest BCUT2D eigenvalue weighted by Crippen LogP contribution is -2.48. The molecule has 2 aromatic rings. The Bertz CT molecular complexity index is 1370. The minimum Gasteiger partial charge on any atom is -0.497 e. The first-order chi connectivity index (χ1) is 23.6. The van der Waals surface area contributed by atoms with Gasteiger partial charge in [-0.3, -0.25) is 4.79 Å². The summed E-state index contributed by atoms with van der Waals surface area (Å²) in [5.74, 6) is 0.593. The van der Waals surface area contributed by atoms with Crippen LogP contribution in [-0.4, -0.2) is 97.6 Å². The largest absolute Gasteiger partial charge is 0.497 e. The molecule has 4 N–H and O–H groups in total. The number of carbonyl (C=O) groups excluding carboxylic acids is 3. The number of urea groups is 2. The maximum atomic E-state index is 14.4. The third-order valence-corrected chi connectivity index (χ3v) is 9.39. The van der Waals surface area contributed by atoms with Gasteiger partial charge in [0.1, 0.15) is 11.5 Å². The number of anilines is 2. The van der Waals surface area contributed by atoms with Crippen molar-refractivity contribution in [2.24, 2.45) is 5.92 Å². The van der Waals surface area contributed by atoms with Crippen LogP contribution in [0.1, 0.15) is 82.5 Å². The molecular formula is C37H55N5O7. The van der Waals surface area contributed by atoms with Crippen LogP contribution in [-0.2, 0) is 4.74 Å². The third-order valence-electron chi connectivity index (χ3n) is 9.39. The Hall–Kier alpha value is -4.03. The number of nitrogens with zero attached hydrogens (tertiary/aromatic N) is 2. The number of aliphatic hydroxyl groups excluding tert-OH is 1. The van der Waals surface area contributed by atoms with E-state index in [4.69, 9.17) is 14.2 Å². The minimum absolute atomic E-state index is 0.141. The van der Waals surface area contributed by atoms with Crippen molar-refractivity contribution in [2.45, 2.75) is 96.4 Å². The second-order valence-electron chi connectivity index (χ2n) is 13.5. The van der Waals surface area contributed by atoms with E-state index in [1.54, 1.807) is 73.3 Å². The number of hydrogen-bond acceptors (Lipinski definition) is 7. The minimum atomic E-state index is -0.518. The molecule has 1 aliphatic carbocycles. The molecule has 1 aliphatic heterocycles. The van der Waals surface area contributed by atoms with Crippen molar-refractivity contribution < 1.29 is 33.7 Å². The summed E-state index contributed by atoms with van der Waals surface area (Å²) in [6.45, 7) is 6.55. The smallest absolute Gasteiger partial charge is 0.321 e. The molecule has 270 valence electrons. The number of nitrogens with one attached hydrogen (secondary N) is 3. The van der Waals surface area contributed by atoms with E-state index in [2.05, 4.69) is 16.0 Å². The normalized spacial score (nSPS) is 21.7. The molecule has 5 amide bonds. The van der Waals surface area contributed by atoms with Gasteiger partial charge in [-0.05, 0) is 88.4 Å². The Labute approximate surface area is 290 Å². The summed E-state index contributed by atoms with van der Waals surface area (Å²) in [6.07, 6.45) is 7.17. The topological polar surface area (TPSA) is 142 Å². The molecule has 0 saturated heterocycles. The van der Waals surface area contributed by atoms with Crippen LogP contribution in [0, 0.1) is 5.92 Å². The van der Waals surface area contributed by atoms with E-state index < -0.39 is 6.04 Å². The fraction of sp³-hybridized carbons (Fsp3) is 0.595. The average Bonchev–Trinajstić information content (AvgIpc) is 3.10. The number of ether oxygens (including phenoxy) is 3. The Morgan fingerprint density at radius 2 is 1.69 bits per heavy atom. The number of hydrogen-bond donors (Lipinski definition) is 4. The third kappa shape index (κ3) is 11.3. The molecule has 2 aromatic carbocycles. The summed E-state index contributed by atoms with van der Waals surface area (Å²) in [4.78, 5) is 43.6. The van der Waals surface area contributed by atoms with E-state index in [0.717, 1.165) is 44.9 Å². The van der Waals surface area contributed by atoms with Crippen LogP contribution in [0.5, 0.6) is 11.5 Å². The number of aliphatic hydroxyl groups is 1. The lowest BCUT2D eigenvalue weighted by Gasteiger charge is -2.35. The first-order valence-electron chi connectivity index (χ1n) is 17.7. The zero-order chi connectivity index (χ0) is 35.3. The highest BCUT2D eigenvalue weighted by atomic mass is 16.5. The molecule has 49 heavy (non-hydrogen) atoms. The maximum Gasteiger partial charge on any atom is 0.321 e. The number of carbonyl (C=O) groups is 3. The van der Waals surface area contributed by atoms with Crippen LogP contribution in [0.2, 0.25) is 0 Å². The van der Waals surface area contributed by atoms with E-state index in [-0.39, 0.29) is 55.3 Å². The van der Waals surface area contributed by atoms with Gasteiger partial charge < -0.3 is 45.1 Å². The molecule has 12 nitrogen and oxygen atoms in total. The molecule has 1 fully saturated rings. The number of likely N-dealkylation sites (N-methyl/N-ethyl adjacent to an activating group) is 1. The molecule has 4 rings (SSSR count). The highest BCUT2D eigenvalue weighted by Crippen LogP contribution is 2.29. The van der Waals surface area contributed by atoms with Gasteiger partial charge in [-0.2, -0.15) is 0 Å². The quantitative estimate of drug-likeness (QED) is 0.264. The van der Waals surface area contributed by atoms with E-state index in [1.165, 1.54) is 6.42 Å². The summed E-state index contributed by atoms with van der Waals surface area (Å²) < 4.78 is 17.9. The lowest BCUT2D eigenvalue weighted by atomic mass is 9.96. The molecule has 0 bridgehead atoms. The predicted molar refractivity (Wildman–Crippen MR) is 191 cm³/mol. The number of methoxy groups -OCH3 is 1. The Balaban J connectivity index is 1.54. The fourth-order valence-electron chi connectivity index (χ4n) is 6.31. The zero-order valence-corrected chi connectivity index (χ0v) is 29.7. The first-order valence-corrected chi connectivity index (χ1v) is 17.7. The number of fused-ring (bicyclic) bond motifs is 1. The van der Waals surface area contributed by atoms with Gasteiger partial charge in [0.05, 0.1) is 37.5 Å². The van der Waals surface area contributed by atoms with Gasteiger partial charge in [0, 0.05) is 50.1 Å². The van der Waals surface area contributed by atoms with E-state index in [9.17, 15) is 19.5 Å². The highest BCUT2D eigenvalue weighted by Gasteiger charge is 2.31. The van der Waals surface area contributed by atoms with Crippen LogP contribution in [0.4, 0.5) is 21.0 Å². The molecule has 4 atom stereocenters. The second-order valence-corrected chi connectivity index (χ2v) is 13.5. The van der Waals surface area contributed by atoms with Gasteiger partial charge in [0.2, 0.25) is 0 Å². The molecular weight excluding hydrogens is 626 g/mol. The number of amides is 5. The van der Waals surface area contributed by atoms with Gasteiger partial charge in [0.15, 0.2) is 0 Å². The summed E-state index contributed by atoms with van der Waals surface area (Å²) in [7, 11) is 3.30. The van der Waals surface area contributed by atoms with Gasteiger partial charge in [0.25, 0.3) is 5.91 Å². The summed E-state index contributed by atoms with van der Waals surface area (Å²) in [5, 5.41) is 19.1. The molecule has 1 saturated carbocycles. The van der Waals surface area contributed by atoms with Gasteiger partial charge >= 0.3 is 12.1 Å². The lowest BCUT2D eigenvalue weighted by molar-refractivity contribution is -0.0115. The van der Waals surface area contributed by atoms with Crippen LogP contribution < -0.4 is 25.4 Å². The van der Waals surface area contributed by atoms with Crippen molar-refractivity contribution in [1.29, 1.82) is 0 Å². The maximum absolute atomic E-state index is 14.4. The van der Waals surface area contributed by atoms with Crippen LogP contribution >= 0.6 is 0 Å². The standard InChI is InChI=1S/C37H55N5O7/c1-25-22-42(26(2)24-43)35(44)32-21-30(39-36(45)38-28-12-7-6-8-13-28)16-19-33(32)49-27(3)11-9-10-20-48-34(25)23-41(4)37(46)40-29-14-17-31(47-5)18-15-29/h14-19,21,25-28,34,43H,6-13,20,22-24H2,1-5H3,(H,40,46)(H2,38,39,45)/t25-,26+,27+,34-/m0/s1. The van der Waals surface area contributed by atoms with E-state index >= 15 is 0 Å². The first kappa shape index (κ1) is 37.8. The summed E-state index contributed by atoms with van der Waals surface area (Å²) >= 11 is 0. The molecule has 0 radical (unpaired) electrons. The second kappa shape index (κ2) is 18.7. The number of rotatable bonds is 8. The number of benzene rings is 2. The molecule has 0 unspecified atom stereocenters. The molecule has 1 heterocycles. The predicted octanol–water partition coefficient (Wildman–Crippen LogP) is 6.11. The van der Waals surface area contributed by atoms with Crippen molar-refractivity contribution in [3.8, 4) is 11.5 Å². The van der Waals surface area contributed by atoms with Crippen LogP contribution in [0.3, 0.4) is 0 Å². The van der Waals surface area contributed by atoms with Gasteiger partial charge in [-0.25, -0.2) is 9.59 Å². The zero-order valence-electron chi connectivity index (χ0n) is 29.7. The van der Waals surface area contributed by atoms with Crippen LogP contribution in [0.15, 0.2) is 42.5 Å². The van der Waals surface area contributed by atoms with Crippen molar-refractivity contribution in [2.75, 3.05) is 51.1 Å². The van der Waals surface area contributed by atoms with Crippen molar-refractivity contribution >= 4 is 29.3 Å². The highest BCUT2D eigenvalue weighted by molar-refractivity contribution is 5.99. The Morgan fingerprint density at radius 3 is 2.39 bits per heavy atom. The Kier molecular flexibility index (Phi) is 14.4. The molecule has 12 heteroatoms. The SMILES string of the molecule is COc1ccc(NC(=O)N(C)C[C@@H]2OCCCC[C@@H](C)Oc3ccc(NC(=O)NC4CCCCC4)cc3C(=O)N([C@H](C)CO)C[C@@H]2C)cc1. The van der Waals surface area contributed by atoms with Gasteiger partial charge in [-0.15, -0.1) is 0 Å². The van der Waals surface area contributed by atoms with E-state index in [0.29, 0.717) is 41.6 Å². The average molecular weight is 682 g/mol. The molecule has 2 aliphatic rings. The summed E-state index contributed by atoms with van der Waals surface area (Å²) in [6, 6.07) is 11.3. The summed E-state index contributed by atoms with van der Waals surface area (Å²) in [5.41, 5.74) is 1.43. The molecule has 0 aromatic heterocycles. The molecule has 0 spiro atoms.